The average molecular weight is 326 g/mol. The topological polar surface area (TPSA) is 150 Å². The van der Waals surface area contributed by atoms with Crippen LogP contribution in [0.15, 0.2) is 11.3 Å². The Labute approximate surface area is 133 Å². The van der Waals surface area contributed by atoms with E-state index in [0.717, 1.165) is 4.90 Å². The van der Waals surface area contributed by atoms with Crippen LogP contribution in [-0.2, 0) is 14.4 Å². The molecule has 0 aliphatic carbocycles. The zero-order chi connectivity index (χ0) is 17.7. The summed E-state index contributed by atoms with van der Waals surface area (Å²) in [5.74, 6) is -2.72. The quantitative estimate of drug-likeness (QED) is 0.400. The first-order chi connectivity index (χ1) is 10.5. The van der Waals surface area contributed by atoms with Crippen molar-refractivity contribution >= 4 is 17.8 Å². The van der Waals surface area contributed by atoms with E-state index < -0.39 is 35.5 Å². The molecule has 0 aromatic rings. The molecule has 9 heteroatoms. The Bertz CT molecular complexity index is 602. The number of hydrogen-bond acceptors (Lipinski definition) is 6. The van der Waals surface area contributed by atoms with Crippen molar-refractivity contribution in [3.8, 4) is 0 Å². The molecule has 2 aliphatic rings. The van der Waals surface area contributed by atoms with Crippen molar-refractivity contribution in [2.45, 2.75) is 31.5 Å². The molecule has 2 heterocycles. The first kappa shape index (κ1) is 17.4. The third-order valence-electron chi connectivity index (χ3n) is 4.69. The monoisotopic (exact) mass is 326 g/mol. The van der Waals surface area contributed by atoms with Gasteiger partial charge in [-0.1, -0.05) is 6.92 Å². The highest BCUT2D eigenvalue weighted by Gasteiger charge is 2.68. The first-order valence-electron chi connectivity index (χ1n) is 7.27. The third-order valence-corrected chi connectivity index (χ3v) is 4.69. The molecule has 128 valence electrons. The molecule has 2 rings (SSSR count). The van der Waals surface area contributed by atoms with Gasteiger partial charge in [-0.25, -0.2) is 4.79 Å². The fourth-order valence-electron chi connectivity index (χ4n) is 3.55. The van der Waals surface area contributed by atoms with E-state index >= 15 is 0 Å². The summed E-state index contributed by atoms with van der Waals surface area (Å²) in [6.07, 6.45) is -1.10. The lowest BCUT2D eigenvalue weighted by Crippen LogP contribution is -2.81. The van der Waals surface area contributed by atoms with Gasteiger partial charge in [0.2, 0.25) is 5.91 Å². The van der Waals surface area contributed by atoms with Gasteiger partial charge in [-0.05, 0) is 19.5 Å². The van der Waals surface area contributed by atoms with Gasteiger partial charge in [0.05, 0.1) is 18.7 Å². The second kappa shape index (κ2) is 5.59. The fraction of sp³-hybridized carbons (Fsp3) is 0.643. The van der Waals surface area contributed by atoms with E-state index in [1.54, 1.807) is 18.9 Å². The molecular weight excluding hydrogens is 304 g/mol. The van der Waals surface area contributed by atoms with Crippen LogP contribution in [0.25, 0.3) is 0 Å². The number of carboxylic acid groups (broad SMARTS) is 1. The average Bonchev–Trinajstić information content (AvgIpc) is 2.68. The number of primary amides is 1. The molecule has 1 fully saturated rings. The summed E-state index contributed by atoms with van der Waals surface area (Å²) in [4.78, 5) is 37.7. The molecule has 2 amide bonds. The highest BCUT2D eigenvalue weighted by molar-refractivity contribution is 6.04. The molecule has 2 aliphatic heterocycles. The summed E-state index contributed by atoms with van der Waals surface area (Å²) >= 11 is 0. The highest BCUT2D eigenvalue weighted by atomic mass is 16.4. The fourth-order valence-corrected chi connectivity index (χ4v) is 3.55. The van der Waals surface area contributed by atoms with Crippen molar-refractivity contribution in [3.05, 3.63) is 11.3 Å². The molecule has 0 radical (unpaired) electrons. The summed E-state index contributed by atoms with van der Waals surface area (Å²) in [5, 5.41) is 19.3. The highest BCUT2D eigenvalue weighted by Crippen LogP contribution is 2.48. The van der Waals surface area contributed by atoms with Gasteiger partial charge in [0.15, 0.2) is 0 Å². The number of hydrogen-bond donors (Lipinski definition) is 4. The molecule has 0 spiro atoms. The third kappa shape index (κ3) is 2.41. The Morgan fingerprint density at radius 3 is 2.48 bits per heavy atom. The number of amides is 2. The minimum absolute atomic E-state index is 0.0358. The number of nitrogens with zero attached hydrogens (tertiary/aromatic N) is 2. The Morgan fingerprint density at radius 1 is 1.48 bits per heavy atom. The van der Waals surface area contributed by atoms with E-state index in [2.05, 4.69) is 0 Å². The van der Waals surface area contributed by atoms with Crippen LogP contribution in [0, 0.1) is 5.92 Å². The van der Waals surface area contributed by atoms with Gasteiger partial charge < -0.3 is 21.7 Å². The molecule has 4 atom stereocenters. The van der Waals surface area contributed by atoms with E-state index in [-0.39, 0.29) is 24.7 Å². The molecule has 1 saturated heterocycles. The lowest BCUT2D eigenvalue weighted by molar-refractivity contribution is -0.167. The molecule has 6 N–H and O–H groups in total. The maximum atomic E-state index is 12.3. The van der Waals surface area contributed by atoms with E-state index in [0.29, 0.717) is 5.57 Å². The van der Waals surface area contributed by atoms with Gasteiger partial charge in [0.25, 0.3) is 5.91 Å². The summed E-state index contributed by atoms with van der Waals surface area (Å²) in [7, 11) is 1.63. The number of nitrogens with two attached hydrogens (primary N) is 2. The van der Waals surface area contributed by atoms with E-state index in [4.69, 9.17) is 11.5 Å². The number of aliphatic hydroxyl groups is 1. The predicted octanol–water partition coefficient (Wildman–Crippen LogP) is -2.32. The maximum absolute atomic E-state index is 12.3. The zero-order valence-corrected chi connectivity index (χ0v) is 13.3. The van der Waals surface area contributed by atoms with Crippen LogP contribution in [-0.4, -0.2) is 75.6 Å². The number of likely N-dealkylation sites (N-methyl/N-ethyl adjacent to an activating group) is 1. The van der Waals surface area contributed by atoms with Gasteiger partial charge in [-0.3, -0.25) is 19.4 Å². The number of carbonyl (C=O) groups excluding carboxylic acids is 2. The second-order valence-corrected chi connectivity index (χ2v) is 6.34. The number of fused-ring (bicyclic) bond motifs is 1. The Hall–Kier alpha value is -1.97. The van der Waals surface area contributed by atoms with Gasteiger partial charge in [-0.15, -0.1) is 0 Å². The number of carboxylic acids is 1. The molecule has 0 aromatic carbocycles. The zero-order valence-electron chi connectivity index (χ0n) is 13.3. The number of carbonyl (C=O) groups is 3. The van der Waals surface area contributed by atoms with Crippen molar-refractivity contribution in [2.24, 2.45) is 17.4 Å². The van der Waals surface area contributed by atoms with Crippen LogP contribution in [0.3, 0.4) is 0 Å². The largest absolute Gasteiger partial charge is 0.477 e. The Balaban J connectivity index is 2.36. The van der Waals surface area contributed by atoms with Crippen molar-refractivity contribution < 1.29 is 24.6 Å². The minimum atomic E-state index is -1.50. The van der Waals surface area contributed by atoms with Crippen LogP contribution >= 0.6 is 0 Å². The van der Waals surface area contributed by atoms with Crippen molar-refractivity contribution in [1.29, 1.82) is 0 Å². The number of β-lactam (4-membered cyclic amide) rings is 1. The van der Waals surface area contributed by atoms with Crippen LogP contribution in [0.4, 0.5) is 0 Å². The second-order valence-electron chi connectivity index (χ2n) is 6.34. The van der Waals surface area contributed by atoms with Crippen LogP contribution in [0.2, 0.25) is 0 Å². The summed E-state index contributed by atoms with van der Waals surface area (Å²) in [6.45, 7) is 3.31. The number of aliphatic hydroxyl groups excluding tert-OH is 1. The maximum Gasteiger partial charge on any atom is 0.352 e. The summed E-state index contributed by atoms with van der Waals surface area (Å²) < 4.78 is 0. The molecule has 9 nitrogen and oxygen atoms in total. The van der Waals surface area contributed by atoms with E-state index in [9.17, 15) is 24.6 Å². The lowest BCUT2D eigenvalue weighted by Gasteiger charge is -2.53. The molecule has 0 aromatic heterocycles. The predicted molar refractivity (Wildman–Crippen MR) is 79.8 cm³/mol. The first-order valence-corrected chi connectivity index (χ1v) is 7.27. The molecule has 0 bridgehead atoms. The molecule has 23 heavy (non-hydrogen) atoms. The van der Waals surface area contributed by atoms with Gasteiger partial charge in [0.1, 0.15) is 11.2 Å². The van der Waals surface area contributed by atoms with Gasteiger partial charge in [0, 0.05) is 12.5 Å². The Morgan fingerprint density at radius 2 is 2.04 bits per heavy atom. The number of rotatable bonds is 6. The minimum Gasteiger partial charge on any atom is -0.477 e. The van der Waals surface area contributed by atoms with Gasteiger partial charge >= 0.3 is 5.97 Å². The number of aliphatic carboxylic acids is 1. The lowest BCUT2D eigenvalue weighted by atomic mass is 9.71. The van der Waals surface area contributed by atoms with Crippen LogP contribution < -0.4 is 11.5 Å². The van der Waals surface area contributed by atoms with Crippen LogP contribution in [0.1, 0.15) is 13.8 Å². The molecule has 0 unspecified atom stereocenters. The van der Waals surface area contributed by atoms with E-state index in [1.165, 1.54) is 6.92 Å². The van der Waals surface area contributed by atoms with Crippen molar-refractivity contribution in [3.63, 3.8) is 0 Å². The molecular formula is C14H22N4O5. The Kier molecular flexibility index (Phi) is 4.22. The van der Waals surface area contributed by atoms with Gasteiger partial charge in [-0.2, -0.15) is 0 Å². The van der Waals surface area contributed by atoms with E-state index in [1.807, 2.05) is 0 Å². The van der Waals surface area contributed by atoms with Crippen molar-refractivity contribution in [1.82, 2.24) is 9.80 Å². The SMILES string of the molecule is C[C@H]1C(CN(C)CC(N)=O)=C(C(=O)O)N2C(=O)[C@](N)([C@@H](C)O)[C@@H]12. The standard InChI is InChI=1S/C14H22N4O5/c1-6-8(4-17(3)5-9(15)20)10(12(21)22)18-11(6)14(16,7(2)19)13(18)23/h6-7,11,19H,4-5,16H2,1-3H3,(H2,15,20)(H,21,22)/t6-,7+,11+,14-/m0/s1. The van der Waals surface area contributed by atoms with Crippen LogP contribution in [0.5, 0.6) is 0 Å². The smallest absolute Gasteiger partial charge is 0.352 e. The normalized spacial score (nSPS) is 31.2. The summed E-state index contributed by atoms with van der Waals surface area (Å²) in [5.41, 5.74) is 10.1. The van der Waals surface area contributed by atoms with Crippen molar-refractivity contribution in [2.75, 3.05) is 20.1 Å². The summed E-state index contributed by atoms with van der Waals surface area (Å²) in [6, 6.07) is -0.613. The molecule has 0 saturated carbocycles.